The molecule has 1 atom stereocenters. The molecule has 18 heavy (non-hydrogen) atoms. The zero-order valence-corrected chi connectivity index (χ0v) is 10.9. The van der Waals surface area contributed by atoms with Gasteiger partial charge in [-0.2, -0.15) is 0 Å². The number of benzene rings is 1. The van der Waals surface area contributed by atoms with Gasteiger partial charge in [0.2, 0.25) is 0 Å². The topological polar surface area (TPSA) is 23.6 Å². The maximum atomic E-state index is 13.1. The van der Waals surface area contributed by atoms with E-state index in [2.05, 4.69) is 23.9 Å². The number of hydrogen-bond donors (Lipinski definition) is 0. The predicted octanol–water partition coefficient (Wildman–Crippen LogP) is 2.17. The molecule has 0 N–H and O–H groups in total. The van der Waals surface area contributed by atoms with E-state index < -0.39 is 0 Å². The lowest BCUT2D eigenvalue weighted by Crippen LogP contribution is -2.45. The second kappa shape index (κ2) is 5.48. The van der Waals surface area contributed by atoms with Crippen LogP contribution in [-0.4, -0.2) is 44.4 Å². The van der Waals surface area contributed by atoms with E-state index in [-0.39, 0.29) is 5.82 Å². The van der Waals surface area contributed by atoms with Crippen LogP contribution in [0.2, 0.25) is 0 Å². The lowest BCUT2D eigenvalue weighted by molar-refractivity contribution is 0.112. The summed E-state index contributed by atoms with van der Waals surface area (Å²) in [6.45, 7) is 1.82. The average Bonchev–Trinajstić information content (AvgIpc) is 2.38. The van der Waals surface area contributed by atoms with Crippen molar-refractivity contribution in [2.75, 3.05) is 32.1 Å². The van der Waals surface area contributed by atoms with Crippen LogP contribution in [0.3, 0.4) is 0 Å². The molecule has 2 rings (SSSR count). The summed E-state index contributed by atoms with van der Waals surface area (Å²) >= 11 is 0. The molecule has 1 saturated heterocycles. The number of likely N-dealkylation sites (N-methyl/N-ethyl adjacent to an activating group) is 1. The first-order valence-electron chi connectivity index (χ1n) is 6.28. The SMILES string of the molecule is CN(C)C1CCCN(c2ccc(F)cc2C=O)C1. The molecule has 1 aliphatic heterocycles. The first-order valence-corrected chi connectivity index (χ1v) is 6.28. The second-order valence-corrected chi connectivity index (χ2v) is 5.03. The quantitative estimate of drug-likeness (QED) is 0.768. The van der Waals surface area contributed by atoms with E-state index in [1.165, 1.54) is 18.6 Å². The van der Waals surface area contributed by atoms with Gasteiger partial charge in [0.15, 0.2) is 6.29 Å². The van der Waals surface area contributed by atoms with E-state index in [1.807, 2.05) is 0 Å². The van der Waals surface area contributed by atoms with Gasteiger partial charge in [0.25, 0.3) is 0 Å². The van der Waals surface area contributed by atoms with Crippen molar-refractivity contribution in [1.29, 1.82) is 0 Å². The summed E-state index contributed by atoms with van der Waals surface area (Å²) in [5.41, 5.74) is 1.28. The summed E-state index contributed by atoms with van der Waals surface area (Å²) in [4.78, 5) is 15.4. The van der Waals surface area contributed by atoms with Crippen molar-refractivity contribution < 1.29 is 9.18 Å². The first kappa shape index (κ1) is 13.0. The summed E-state index contributed by atoms with van der Waals surface area (Å²) < 4.78 is 13.1. The Labute approximate surface area is 107 Å². The van der Waals surface area contributed by atoms with Gasteiger partial charge in [-0.15, -0.1) is 0 Å². The number of anilines is 1. The molecule has 1 aromatic carbocycles. The van der Waals surface area contributed by atoms with Crippen molar-refractivity contribution in [2.24, 2.45) is 0 Å². The first-order chi connectivity index (χ1) is 8.61. The number of hydrogen-bond acceptors (Lipinski definition) is 3. The van der Waals surface area contributed by atoms with E-state index in [0.717, 1.165) is 31.5 Å². The van der Waals surface area contributed by atoms with Gasteiger partial charge in [0, 0.05) is 30.4 Å². The number of halogens is 1. The minimum Gasteiger partial charge on any atom is -0.369 e. The average molecular weight is 250 g/mol. The van der Waals surface area contributed by atoms with Gasteiger partial charge in [-0.05, 0) is 45.1 Å². The predicted molar refractivity (Wildman–Crippen MR) is 70.7 cm³/mol. The lowest BCUT2D eigenvalue weighted by atomic mass is 10.0. The third-order valence-electron chi connectivity index (χ3n) is 3.58. The second-order valence-electron chi connectivity index (χ2n) is 5.03. The minimum absolute atomic E-state index is 0.359. The molecule has 4 heteroatoms. The van der Waals surface area contributed by atoms with Gasteiger partial charge in [0.05, 0.1) is 0 Å². The molecule has 0 saturated carbocycles. The molecule has 3 nitrogen and oxygen atoms in total. The highest BCUT2D eigenvalue weighted by Crippen LogP contribution is 2.25. The van der Waals surface area contributed by atoms with Crippen molar-refractivity contribution in [1.82, 2.24) is 4.90 Å². The van der Waals surface area contributed by atoms with E-state index in [1.54, 1.807) is 6.07 Å². The Hall–Kier alpha value is -1.42. The summed E-state index contributed by atoms with van der Waals surface area (Å²) in [5.74, 6) is -0.359. The molecular formula is C14H19FN2O. The Balaban J connectivity index is 2.23. The molecule has 0 bridgehead atoms. The van der Waals surface area contributed by atoms with Crippen LogP contribution < -0.4 is 4.90 Å². The number of rotatable bonds is 3. The van der Waals surface area contributed by atoms with Crippen molar-refractivity contribution in [2.45, 2.75) is 18.9 Å². The van der Waals surface area contributed by atoms with Gasteiger partial charge >= 0.3 is 0 Å². The van der Waals surface area contributed by atoms with Gasteiger partial charge < -0.3 is 9.80 Å². The molecule has 1 heterocycles. The highest BCUT2D eigenvalue weighted by molar-refractivity contribution is 5.84. The van der Waals surface area contributed by atoms with E-state index in [0.29, 0.717) is 11.6 Å². The van der Waals surface area contributed by atoms with Crippen LogP contribution in [-0.2, 0) is 0 Å². The van der Waals surface area contributed by atoms with Crippen LogP contribution in [0, 0.1) is 5.82 Å². The fraction of sp³-hybridized carbons (Fsp3) is 0.500. The van der Waals surface area contributed by atoms with Crippen LogP contribution >= 0.6 is 0 Å². The van der Waals surface area contributed by atoms with Crippen LogP contribution in [0.1, 0.15) is 23.2 Å². The Morgan fingerprint density at radius 3 is 2.89 bits per heavy atom. The molecule has 1 aliphatic rings. The Bertz CT molecular complexity index is 434. The molecule has 1 aromatic rings. The normalized spacial score (nSPS) is 20.2. The highest BCUT2D eigenvalue weighted by atomic mass is 19.1. The van der Waals surface area contributed by atoms with E-state index in [4.69, 9.17) is 0 Å². The zero-order chi connectivity index (χ0) is 13.1. The van der Waals surface area contributed by atoms with Gasteiger partial charge in [-0.3, -0.25) is 4.79 Å². The molecule has 0 radical (unpaired) electrons. The molecule has 0 amide bonds. The maximum Gasteiger partial charge on any atom is 0.152 e. The molecule has 1 fully saturated rings. The van der Waals surface area contributed by atoms with Crippen molar-refractivity contribution >= 4 is 12.0 Å². The Morgan fingerprint density at radius 2 is 2.22 bits per heavy atom. The largest absolute Gasteiger partial charge is 0.369 e. The summed E-state index contributed by atoms with van der Waals surface area (Å²) in [7, 11) is 4.14. The van der Waals surface area contributed by atoms with Gasteiger partial charge in [-0.25, -0.2) is 4.39 Å². The Kier molecular flexibility index (Phi) is 3.97. The zero-order valence-electron chi connectivity index (χ0n) is 10.9. The van der Waals surface area contributed by atoms with Gasteiger partial charge in [-0.1, -0.05) is 0 Å². The monoisotopic (exact) mass is 250 g/mol. The molecule has 0 spiro atoms. The molecular weight excluding hydrogens is 231 g/mol. The van der Waals surface area contributed by atoms with E-state index in [9.17, 15) is 9.18 Å². The standard InChI is InChI=1S/C14H19FN2O/c1-16(2)13-4-3-7-17(9-13)14-6-5-12(15)8-11(14)10-18/h5-6,8,10,13H,3-4,7,9H2,1-2H3. The van der Waals surface area contributed by atoms with E-state index >= 15 is 0 Å². The molecule has 0 aromatic heterocycles. The molecule has 0 aliphatic carbocycles. The number of aldehydes is 1. The molecule has 98 valence electrons. The van der Waals surface area contributed by atoms with Gasteiger partial charge in [0.1, 0.15) is 5.82 Å². The molecule has 1 unspecified atom stereocenters. The summed E-state index contributed by atoms with van der Waals surface area (Å²) in [6, 6.07) is 4.92. The fourth-order valence-electron chi connectivity index (χ4n) is 2.50. The maximum absolute atomic E-state index is 13.1. The van der Waals surface area contributed by atoms with Crippen LogP contribution in [0.15, 0.2) is 18.2 Å². The fourth-order valence-corrected chi connectivity index (χ4v) is 2.50. The third-order valence-corrected chi connectivity index (χ3v) is 3.58. The smallest absolute Gasteiger partial charge is 0.152 e. The van der Waals surface area contributed by atoms with Crippen molar-refractivity contribution in [3.63, 3.8) is 0 Å². The lowest BCUT2D eigenvalue weighted by Gasteiger charge is -2.38. The Morgan fingerprint density at radius 1 is 1.44 bits per heavy atom. The summed E-state index contributed by atoms with van der Waals surface area (Å²) in [5, 5.41) is 0. The highest BCUT2D eigenvalue weighted by Gasteiger charge is 2.23. The van der Waals surface area contributed by atoms with Crippen molar-refractivity contribution in [3.05, 3.63) is 29.6 Å². The van der Waals surface area contributed by atoms with Crippen LogP contribution in [0.25, 0.3) is 0 Å². The number of nitrogens with zero attached hydrogens (tertiary/aromatic N) is 2. The minimum atomic E-state index is -0.359. The summed E-state index contributed by atoms with van der Waals surface area (Å²) in [6.07, 6.45) is 3.00. The van der Waals surface area contributed by atoms with Crippen LogP contribution in [0.5, 0.6) is 0 Å². The number of carbonyl (C=O) groups is 1. The van der Waals surface area contributed by atoms with Crippen molar-refractivity contribution in [3.8, 4) is 0 Å². The third kappa shape index (κ3) is 2.70. The number of carbonyl (C=O) groups excluding carboxylic acids is 1. The van der Waals surface area contributed by atoms with Crippen LogP contribution in [0.4, 0.5) is 10.1 Å². The number of piperidine rings is 1.